The Labute approximate surface area is 224 Å². The zero-order valence-corrected chi connectivity index (χ0v) is 23.1. The molecule has 4 aromatic rings. The lowest BCUT2D eigenvalue weighted by atomic mass is 10.1. The first-order valence-electron chi connectivity index (χ1n) is 12.3. The van der Waals surface area contributed by atoms with Crippen molar-refractivity contribution >= 4 is 27.8 Å². The number of hydrazone groups is 1. The molecule has 1 aromatic heterocycles. The predicted octanol–water partition coefficient (Wildman–Crippen LogP) is 5.37. The number of rotatable bonds is 8. The van der Waals surface area contributed by atoms with Crippen molar-refractivity contribution in [3.63, 3.8) is 0 Å². The Balaban J connectivity index is 1.57. The minimum absolute atomic E-state index is 0.108. The molecule has 1 heterocycles. The summed E-state index contributed by atoms with van der Waals surface area (Å²) < 4.78 is 30.2. The normalized spacial score (nSPS) is 11.6. The lowest BCUT2D eigenvalue weighted by Gasteiger charge is -2.24. The average Bonchev–Trinajstić information content (AvgIpc) is 3.15. The summed E-state index contributed by atoms with van der Waals surface area (Å²) in [5.41, 5.74) is 10.2. The summed E-state index contributed by atoms with van der Waals surface area (Å²) in [4.78, 5) is 13.0. The number of carbonyl (C=O) groups excluding carboxylic acids is 1. The highest BCUT2D eigenvalue weighted by atomic mass is 32.2. The van der Waals surface area contributed by atoms with Gasteiger partial charge in [-0.1, -0.05) is 48.5 Å². The van der Waals surface area contributed by atoms with E-state index in [0.29, 0.717) is 5.69 Å². The van der Waals surface area contributed by atoms with E-state index >= 15 is 0 Å². The van der Waals surface area contributed by atoms with Crippen LogP contribution in [-0.2, 0) is 14.8 Å². The van der Waals surface area contributed by atoms with Gasteiger partial charge in [0, 0.05) is 17.0 Å². The Hall–Kier alpha value is -4.17. The molecule has 0 spiro atoms. The maximum absolute atomic E-state index is 13.5. The topological polar surface area (TPSA) is 83.8 Å². The lowest BCUT2D eigenvalue weighted by molar-refractivity contribution is -0.119. The van der Waals surface area contributed by atoms with Crippen LogP contribution in [0.15, 0.2) is 88.9 Å². The van der Waals surface area contributed by atoms with E-state index in [0.717, 1.165) is 32.5 Å². The van der Waals surface area contributed by atoms with Gasteiger partial charge in [-0.05, 0) is 81.6 Å². The van der Waals surface area contributed by atoms with Crippen LogP contribution in [0.25, 0.3) is 5.69 Å². The number of anilines is 1. The Kier molecular flexibility index (Phi) is 7.83. The van der Waals surface area contributed by atoms with Gasteiger partial charge < -0.3 is 4.57 Å². The minimum Gasteiger partial charge on any atom is -0.317 e. The van der Waals surface area contributed by atoms with Crippen molar-refractivity contribution in [3.05, 3.63) is 113 Å². The predicted molar refractivity (Wildman–Crippen MR) is 153 cm³/mol. The molecule has 7 nitrogen and oxygen atoms in total. The van der Waals surface area contributed by atoms with Gasteiger partial charge in [-0.3, -0.25) is 9.10 Å². The van der Waals surface area contributed by atoms with Crippen LogP contribution >= 0.6 is 0 Å². The van der Waals surface area contributed by atoms with Gasteiger partial charge in [-0.25, -0.2) is 13.8 Å². The van der Waals surface area contributed by atoms with Gasteiger partial charge in [0.1, 0.15) is 6.54 Å². The highest BCUT2D eigenvalue weighted by Crippen LogP contribution is 2.26. The van der Waals surface area contributed by atoms with E-state index in [9.17, 15) is 13.2 Å². The van der Waals surface area contributed by atoms with E-state index in [1.54, 1.807) is 42.6 Å². The molecule has 1 amide bonds. The van der Waals surface area contributed by atoms with Crippen LogP contribution in [0.1, 0.15) is 33.6 Å². The van der Waals surface area contributed by atoms with Gasteiger partial charge in [-0.2, -0.15) is 5.10 Å². The highest BCUT2D eigenvalue weighted by molar-refractivity contribution is 7.92. The SMILES string of the molecule is Cc1cccc(N(CC(=O)N/N=C/c2cc(C)n(-c3c(C)cccc3C)c2C)S(=O)(=O)c2ccccc2)c1. The molecule has 0 atom stereocenters. The molecule has 8 heteroatoms. The molecule has 0 fully saturated rings. The fraction of sp³-hybridized carbons (Fsp3) is 0.200. The Bertz CT molecular complexity index is 1590. The van der Waals surface area contributed by atoms with Gasteiger partial charge in [0.2, 0.25) is 0 Å². The summed E-state index contributed by atoms with van der Waals surface area (Å²) >= 11 is 0. The number of hydrogen-bond acceptors (Lipinski definition) is 4. The molecule has 0 radical (unpaired) electrons. The van der Waals surface area contributed by atoms with E-state index in [-0.39, 0.29) is 4.90 Å². The molecule has 3 aromatic carbocycles. The lowest BCUT2D eigenvalue weighted by Crippen LogP contribution is -2.39. The van der Waals surface area contributed by atoms with Crippen molar-refractivity contribution in [1.82, 2.24) is 9.99 Å². The standard InChI is InChI=1S/C30H32N4O3S/c1-21-11-9-14-27(17-21)33(38(36,37)28-15-7-6-8-16-28)20-29(35)32-31-19-26-18-24(4)34(25(26)5)30-22(2)12-10-13-23(30)3/h6-19H,20H2,1-5H3,(H,32,35)/b31-19+. The number of sulfonamides is 1. The summed E-state index contributed by atoms with van der Waals surface area (Å²) in [5, 5.41) is 4.16. The van der Waals surface area contributed by atoms with Crippen LogP contribution in [0.4, 0.5) is 5.69 Å². The van der Waals surface area contributed by atoms with Gasteiger partial charge in [-0.15, -0.1) is 0 Å². The van der Waals surface area contributed by atoms with Crippen molar-refractivity contribution in [3.8, 4) is 5.69 Å². The first-order valence-corrected chi connectivity index (χ1v) is 13.8. The second-order valence-corrected chi connectivity index (χ2v) is 11.2. The summed E-state index contributed by atoms with van der Waals surface area (Å²) in [6, 6.07) is 23.3. The van der Waals surface area contributed by atoms with Gasteiger partial charge in [0.25, 0.3) is 15.9 Å². The average molecular weight is 529 g/mol. The van der Waals surface area contributed by atoms with E-state index in [1.807, 2.05) is 39.0 Å². The van der Waals surface area contributed by atoms with Gasteiger partial charge >= 0.3 is 0 Å². The molecule has 4 rings (SSSR count). The molecule has 38 heavy (non-hydrogen) atoms. The van der Waals surface area contributed by atoms with Crippen molar-refractivity contribution < 1.29 is 13.2 Å². The first kappa shape index (κ1) is 26.9. The molecule has 0 aliphatic rings. The number of carbonyl (C=O) groups is 1. The third kappa shape index (κ3) is 5.55. The molecule has 0 aliphatic carbocycles. The number of aryl methyl sites for hydroxylation is 4. The van der Waals surface area contributed by atoms with Crippen LogP contribution in [0.2, 0.25) is 0 Å². The van der Waals surface area contributed by atoms with Gasteiger partial charge in [0.15, 0.2) is 0 Å². The number of amides is 1. The number of nitrogens with one attached hydrogen (secondary N) is 1. The molecule has 0 aliphatic heterocycles. The molecule has 1 N–H and O–H groups in total. The number of benzene rings is 3. The maximum atomic E-state index is 13.5. The fourth-order valence-electron chi connectivity index (χ4n) is 4.58. The van der Waals surface area contributed by atoms with Crippen LogP contribution in [0.3, 0.4) is 0 Å². The molecular formula is C30H32N4O3S. The number of aromatic nitrogens is 1. The molecule has 0 saturated carbocycles. The fourth-order valence-corrected chi connectivity index (χ4v) is 6.01. The van der Waals surface area contributed by atoms with E-state index in [1.165, 1.54) is 23.3 Å². The van der Waals surface area contributed by atoms with Crippen LogP contribution < -0.4 is 9.73 Å². The quantitative estimate of drug-likeness (QED) is 0.247. The van der Waals surface area contributed by atoms with Gasteiger partial charge in [0.05, 0.1) is 22.5 Å². The summed E-state index contributed by atoms with van der Waals surface area (Å²) in [7, 11) is -3.97. The van der Waals surface area contributed by atoms with Crippen LogP contribution in [0.5, 0.6) is 0 Å². The second kappa shape index (κ2) is 11.1. The smallest absolute Gasteiger partial charge is 0.264 e. The Morgan fingerprint density at radius 1 is 0.895 bits per heavy atom. The van der Waals surface area contributed by atoms with Crippen LogP contribution in [-0.4, -0.2) is 31.7 Å². The minimum atomic E-state index is -3.97. The summed E-state index contributed by atoms with van der Waals surface area (Å²) in [5.74, 6) is -0.550. The third-order valence-corrected chi connectivity index (χ3v) is 8.22. The molecular weight excluding hydrogens is 496 g/mol. The molecule has 0 bridgehead atoms. The zero-order chi connectivity index (χ0) is 27.4. The monoisotopic (exact) mass is 528 g/mol. The third-order valence-electron chi connectivity index (χ3n) is 6.43. The molecule has 0 unspecified atom stereocenters. The largest absolute Gasteiger partial charge is 0.317 e. The van der Waals surface area contributed by atoms with Crippen LogP contribution in [0, 0.1) is 34.6 Å². The first-order chi connectivity index (χ1) is 18.1. The zero-order valence-electron chi connectivity index (χ0n) is 22.3. The molecule has 196 valence electrons. The van der Waals surface area contributed by atoms with Crippen molar-refractivity contribution in [1.29, 1.82) is 0 Å². The summed E-state index contributed by atoms with van der Waals surface area (Å²) in [6.45, 7) is 9.66. The van der Waals surface area contributed by atoms with Crippen molar-refractivity contribution in [2.45, 2.75) is 39.5 Å². The number of hydrogen-bond donors (Lipinski definition) is 1. The molecule has 0 saturated heterocycles. The van der Waals surface area contributed by atoms with Crippen molar-refractivity contribution in [2.75, 3.05) is 10.8 Å². The Morgan fingerprint density at radius 3 is 2.21 bits per heavy atom. The Morgan fingerprint density at radius 2 is 1.55 bits per heavy atom. The highest BCUT2D eigenvalue weighted by Gasteiger charge is 2.27. The van der Waals surface area contributed by atoms with E-state index in [4.69, 9.17) is 0 Å². The number of nitrogens with zero attached hydrogens (tertiary/aromatic N) is 3. The number of para-hydroxylation sites is 1. The second-order valence-electron chi connectivity index (χ2n) is 9.36. The summed E-state index contributed by atoms with van der Waals surface area (Å²) in [6.07, 6.45) is 1.59. The van der Waals surface area contributed by atoms with Crippen molar-refractivity contribution in [2.24, 2.45) is 5.10 Å². The maximum Gasteiger partial charge on any atom is 0.264 e. The van der Waals surface area contributed by atoms with E-state index in [2.05, 4.69) is 41.1 Å². The van der Waals surface area contributed by atoms with E-state index < -0.39 is 22.5 Å².